The number of Topliss-reactive ketones (excluding diaryl/α,β-unsaturated/α-hetero) is 4. The molecule has 12 nitrogen and oxygen atoms in total. The van der Waals surface area contributed by atoms with Crippen molar-refractivity contribution in [1.29, 1.82) is 0 Å². The molecule has 76 heavy (non-hydrogen) atoms. The second-order valence-electron chi connectivity index (χ2n) is 21.6. The molecule has 0 saturated heterocycles. The Morgan fingerprint density at radius 2 is 0.645 bits per heavy atom. The summed E-state index contributed by atoms with van der Waals surface area (Å²) in [6.45, 7) is 13.0. The Hall–Kier alpha value is -8.12. The van der Waals surface area contributed by atoms with Gasteiger partial charge in [0.05, 0.1) is 13.2 Å². The average Bonchev–Trinajstić information content (AvgIpc) is 3.41. The van der Waals surface area contributed by atoms with E-state index in [0.29, 0.717) is 67.9 Å². The number of ether oxygens (including phenoxy) is 6. The number of fused-ring (bicyclic) bond motifs is 2. The minimum Gasteiger partial charge on any atom is -0.493 e. The van der Waals surface area contributed by atoms with E-state index in [1.807, 2.05) is 24.3 Å². The maximum absolute atomic E-state index is 14.8. The zero-order valence-corrected chi connectivity index (χ0v) is 43.9. The van der Waals surface area contributed by atoms with Crippen LogP contribution in [0.4, 0.5) is 0 Å². The molecule has 0 aromatic heterocycles. The third-order valence-electron chi connectivity index (χ3n) is 13.7. The highest BCUT2D eigenvalue weighted by atomic mass is 16.5. The maximum atomic E-state index is 14.8. The lowest BCUT2D eigenvalue weighted by Crippen LogP contribution is -2.23. The molecule has 4 aliphatic heterocycles. The van der Waals surface area contributed by atoms with Crippen LogP contribution >= 0.6 is 0 Å². The van der Waals surface area contributed by atoms with Crippen molar-refractivity contribution in [2.45, 2.75) is 90.9 Å². The maximum Gasteiger partial charge on any atom is 0.185 e. The SMILES string of the molecule is CC(C)(C)c1cc2c3c(c1)CC1=CC(=O)C=C(Cc4cc(C(C)(C)C)cc(c4OCCOc4ccc(cc4)OCCC(=O)c4cccc(c4)C(=O)CCOc4ccc(cc4)OCCO3)CC3=CC(=O)C=C(C2)C3=O)C1=O. The highest BCUT2D eigenvalue weighted by molar-refractivity contribution is 6.21. The molecule has 390 valence electrons. The van der Waals surface area contributed by atoms with Crippen molar-refractivity contribution in [2.24, 2.45) is 0 Å². The summed E-state index contributed by atoms with van der Waals surface area (Å²) in [5.74, 6) is 1.50. The number of carbonyl (C=O) groups is 6. The quantitative estimate of drug-likeness (QED) is 0.135. The largest absolute Gasteiger partial charge is 0.493 e. The van der Waals surface area contributed by atoms with Crippen LogP contribution in [-0.4, -0.2) is 74.3 Å². The smallest absolute Gasteiger partial charge is 0.185 e. The topological polar surface area (TPSA) is 158 Å². The molecule has 0 radical (unpaired) electrons. The van der Waals surface area contributed by atoms with E-state index in [9.17, 15) is 28.8 Å². The van der Waals surface area contributed by atoms with E-state index in [-0.39, 0.29) is 146 Å². The lowest BCUT2D eigenvalue weighted by atomic mass is 9.79. The fourth-order valence-electron chi connectivity index (χ4n) is 9.61. The second-order valence-corrected chi connectivity index (χ2v) is 21.6. The van der Waals surface area contributed by atoms with Crippen molar-refractivity contribution in [3.05, 3.63) is 188 Å². The van der Waals surface area contributed by atoms with Crippen LogP contribution in [0, 0.1) is 0 Å². The monoisotopic (exact) mass is 1020 g/mol. The van der Waals surface area contributed by atoms with E-state index < -0.39 is 0 Å². The van der Waals surface area contributed by atoms with Crippen molar-refractivity contribution < 1.29 is 57.2 Å². The standard InChI is InChI=1S/C64H62O12/c1-63(2,3)49-31-45-27-41-35-51(65)37-43(59(41)69)29-47-33-50(64(4,5)6)34-48-30-44-38-52(66)36-42(60(44)70)28-46(32-49)61(45)75-24-22-73-55-14-10-53(11-15-55)71-20-18-57(67)39-8-7-9-40(26-39)58(68)19-21-72-54-12-16-56(17-13-54)74-23-25-76-62(47)48/h7-17,26,31-38H,18-25,27-30H2,1-6H3. The molecule has 0 saturated carbocycles. The van der Waals surface area contributed by atoms with Crippen molar-refractivity contribution in [3.63, 3.8) is 0 Å². The lowest BCUT2D eigenvalue weighted by molar-refractivity contribution is -0.115. The zero-order valence-electron chi connectivity index (χ0n) is 43.9. The molecule has 0 fully saturated rings. The molecule has 3 aliphatic carbocycles. The number of ketones is 6. The van der Waals surface area contributed by atoms with Gasteiger partial charge in [-0.1, -0.05) is 84.0 Å². The fourth-order valence-corrected chi connectivity index (χ4v) is 9.61. The van der Waals surface area contributed by atoms with E-state index in [1.54, 1.807) is 72.8 Å². The molecule has 0 amide bonds. The van der Waals surface area contributed by atoms with Crippen molar-refractivity contribution in [3.8, 4) is 34.5 Å². The third kappa shape index (κ3) is 12.7. The van der Waals surface area contributed by atoms with Crippen LogP contribution in [-0.2, 0) is 55.7 Å². The Balaban J connectivity index is 1.09. The first kappa shape index (κ1) is 52.7. The van der Waals surface area contributed by atoms with Crippen molar-refractivity contribution >= 4 is 34.7 Å². The Bertz CT molecular complexity index is 2950. The number of carbonyl (C=O) groups excluding carboxylic acids is 6. The molecule has 0 N–H and O–H groups in total. The van der Waals surface area contributed by atoms with Gasteiger partial charge in [-0.15, -0.1) is 0 Å². The van der Waals surface area contributed by atoms with Gasteiger partial charge in [0.1, 0.15) is 60.9 Å². The van der Waals surface area contributed by atoms with Crippen LogP contribution < -0.4 is 28.4 Å². The van der Waals surface area contributed by atoms with Crippen LogP contribution in [0.2, 0.25) is 0 Å². The van der Waals surface area contributed by atoms with E-state index in [4.69, 9.17) is 28.4 Å². The lowest BCUT2D eigenvalue weighted by Gasteiger charge is -2.27. The van der Waals surface area contributed by atoms with Gasteiger partial charge in [0, 0.05) is 71.9 Å². The first-order chi connectivity index (χ1) is 36.3. The van der Waals surface area contributed by atoms with Crippen molar-refractivity contribution in [1.82, 2.24) is 0 Å². The highest BCUT2D eigenvalue weighted by Gasteiger charge is 2.32. The van der Waals surface area contributed by atoms with Gasteiger partial charge >= 0.3 is 0 Å². The highest BCUT2D eigenvalue weighted by Crippen LogP contribution is 2.40. The van der Waals surface area contributed by atoms with Gasteiger partial charge in [0.15, 0.2) is 34.7 Å². The van der Waals surface area contributed by atoms with Crippen LogP contribution in [0.5, 0.6) is 34.5 Å². The minimum atomic E-state index is -0.386. The van der Waals surface area contributed by atoms with Gasteiger partial charge in [0.25, 0.3) is 0 Å². The Morgan fingerprint density at radius 3 is 0.947 bits per heavy atom. The van der Waals surface area contributed by atoms with Crippen LogP contribution in [0.25, 0.3) is 0 Å². The van der Waals surface area contributed by atoms with Gasteiger partial charge in [0.2, 0.25) is 0 Å². The molecule has 0 unspecified atom stereocenters. The summed E-state index contributed by atoms with van der Waals surface area (Å²) >= 11 is 0. The van der Waals surface area contributed by atoms with Crippen molar-refractivity contribution in [2.75, 3.05) is 39.6 Å². The van der Waals surface area contributed by atoms with E-state index in [2.05, 4.69) is 41.5 Å². The number of allylic oxidation sites excluding steroid dienone is 8. The molecule has 16 bridgehead atoms. The molecule has 12 heteroatoms. The number of rotatable bonds is 0. The summed E-state index contributed by atoms with van der Waals surface area (Å²) in [7, 11) is 0. The summed E-state index contributed by atoms with van der Waals surface area (Å²) in [6, 6.07) is 28.6. The van der Waals surface area contributed by atoms with Crippen LogP contribution in [0.15, 0.2) is 144 Å². The normalized spacial score (nSPS) is 17.3. The summed E-state index contributed by atoms with van der Waals surface area (Å²) < 4.78 is 37.3. The van der Waals surface area contributed by atoms with E-state index in [0.717, 1.165) is 11.1 Å². The molecule has 4 heterocycles. The molecule has 5 aromatic carbocycles. The number of benzene rings is 5. The average molecular weight is 1020 g/mol. The van der Waals surface area contributed by atoms with Crippen LogP contribution in [0.3, 0.4) is 0 Å². The van der Waals surface area contributed by atoms with Crippen LogP contribution in [0.1, 0.15) is 108 Å². The zero-order chi connectivity index (χ0) is 53.7. The predicted molar refractivity (Wildman–Crippen MR) is 288 cm³/mol. The molecule has 0 atom stereocenters. The molecule has 12 rings (SSSR count). The second kappa shape index (κ2) is 22.4. The summed E-state index contributed by atoms with van der Waals surface area (Å²) in [5, 5.41) is 0. The predicted octanol–water partition coefficient (Wildman–Crippen LogP) is 10.7. The first-order valence-electron chi connectivity index (χ1n) is 25.8. The van der Waals surface area contributed by atoms with Gasteiger partial charge in [-0.05, 0) is 123 Å². The fraction of sp³-hybridized carbons (Fsp3) is 0.312. The summed E-state index contributed by atoms with van der Waals surface area (Å²) in [6.07, 6.45) is 5.93. The van der Waals surface area contributed by atoms with E-state index in [1.165, 1.54) is 24.3 Å². The van der Waals surface area contributed by atoms with Gasteiger partial charge < -0.3 is 28.4 Å². The van der Waals surface area contributed by atoms with Gasteiger partial charge in [-0.25, -0.2) is 0 Å². The molecule has 7 aliphatic rings. The summed E-state index contributed by atoms with van der Waals surface area (Å²) in [4.78, 5) is 83.5. The number of hydrogen-bond donors (Lipinski definition) is 0. The Labute approximate surface area is 443 Å². The Kier molecular flexibility index (Phi) is 15.5. The minimum absolute atomic E-state index is 0.0479. The molecule has 0 spiro atoms. The summed E-state index contributed by atoms with van der Waals surface area (Å²) in [5.41, 5.74) is 5.61. The first-order valence-corrected chi connectivity index (χ1v) is 25.8. The van der Waals surface area contributed by atoms with E-state index >= 15 is 0 Å². The molecule has 5 aromatic rings. The van der Waals surface area contributed by atoms with Gasteiger partial charge in [-0.2, -0.15) is 0 Å². The number of hydrogen-bond acceptors (Lipinski definition) is 12. The van der Waals surface area contributed by atoms with Gasteiger partial charge in [-0.3, -0.25) is 28.8 Å². The molecular formula is C64H62O12. The molecular weight excluding hydrogens is 961 g/mol. The Morgan fingerprint density at radius 1 is 0.355 bits per heavy atom. The third-order valence-corrected chi connectivity index (χ3v) is 13.7.